The average Bonchev–Trinajstić information content (AvgIpc) is 2.83. The van der Waals surface area contributed by atoms with Crippen LogP contribution >= 0.6 is 0 Å². The molecular formula is C25H31N3O4. The third kappa shape index (κ3) is 6.83. The molecule has 0 saturated carbocycles. The lowest BCUT2D eigenvalue weighted by Crippen LogP contribution is -2.48. The molecular weight excluding hydrogens is 406 g/mol. The molecule has 2 aromatic carbocycles. The van der Waals surface area contributed by atoms with Gasteiger partial charge in [-0.25, -0.2) is 4.79 Å². The van der Waals surface area contributed by atoms with E-state index in [1.807, 2.05) is 54.6 Å². The number of carbonyl (C=O) groups excluding carboxylic acids is 3. The Bertz CT molecular complexity index is 899. The van der Waals surface area contributed by atoms with Crippen molar-refractivity contribution in [3.8, 4) is 11.1 Å². The molecule has 1 saturated heterocycles. The zero-order valence-corrected chi connectivity index (χ0v) is 18.5. The van der Waals surface area contributed by atoms with Crippen LogP contribution in [0.2, 0.25) is 0 Å². The molecule has 0 spiro atoms. The number of nitrogens with zero attached hydrogens (tertiary/aromatic N) is 1. The number of piperidine rings is 1. The number of esters is 1. The molecule has 0 bridgehead atoms. The highest BCUT2D eigenvalue weighted by Crippen LogP contribution is 2.20. The van der Waals surface area contributed by atoms with Gasteiger partial charge >= 0.3 is 12.0 Å². The van der Waals surface area contributed by atoms with E-state index < -0.39 is 0 Å². The van der Waals surface area contributed by atoms with E-state index in [1.165, 1.54) is 0 Å². The van der Waals surface area contributed by atoms with Gasteiger partial charge in [0, 0.05) is 31.7 Å². The van der Waals surface area contributed by atoms with Crippen molar-refractivity contribution in [1.29, 1.82) is 0 Å². The Hall–Kier alpha value is -3.35. The quantitative estimate of drug-likeness (QED) is 0.619. The third-order valence-electron chi connectivity index (χ3n) is 5.52. The molecule has 0 aliphatic carbocycles. The minimum Gasteiger partial charge on any atom is -0.466 e. The Kier molecular flexibility index (Phi) is 8.66. The summed E-state index contributed by atoms with van der Waals surface area (Å²) in [6.45, 7) is 4.13. The Morgan fingerprint density at radius 1 is 1.00 bits per heavy atom. The molecule has 1 atom stereocenters. The Balaban J connectivity index is 1.43. The molecule has 1 heterocycles. The summed E-state index contributed by atoms with van der Waals surface area (Å²) in [7, 11) is 0. The first-order valence-electron chi connectivity index (χ1n) is 11.2. The number of hydrogen-bond donors (Lipinski definition) is 2. The van der Waals surface area contributed by atoms with E-state index >= 15 is 0 Å². The topological polar surface area (TPSA) is 87.7 Å². The van der Waals surface area contributed by atoms with Gasteiger partial charge in [0.05, 0.1) is 13.0 Å². The van der Waals surface area contributed by atoms with Gasteiger partial charge < -0.3 is 20.3 Å². The first-order valence-corrected chi connectivity index (χ1v) is 11.2. The van der Waals surface area contributed by atoms with Crippen molar-refractivity contribution in [3.63, 3.8) is 0 Å². The summed E-state index contributed by atoms with van der Waals surface area (Å²) in [4.78, 5) is 38.1. The van der Waals surface area contributed by atoms with Crippen LogP contribution in [0.5, 0.6) is 0 Å². The fraction of sp³-hybridized carbons (Fsp3) is 0.400. The molecule has 1 fully saturated rings. The maximum Gasteiger partial charge on any atom is 0.317 e. The lowest BCUT2D eigenvalue weighted by molar-refractivity contribution is -0.142. The molecule has 2 N–H and O–H groups in total. The second kappa shape index (κ2) is 11.9. The summed E-state index contributed by atoms with van der Waals surface area (Å²) in [6.07, 6.45) is 2.01. The van der Waals surface area contributed by atoms with Crippen LogP contribution in [0.1, 0.15) is 36.5 Å². The zero-order chi connectivity index (χ0) is 22.8. The van der Waals surface area contributed by atoms with Crippen LogP contribution in [0.15, 0.2) is 54.6 Å². The molecule has 3 rings (SSSR count). The number of amides is 3. The van der Waals surface area contributed by atoms with E-state index in [2.05, 4.69) is 10.6 Å². The number of urea groups is 1. The van der Waals surface area contributed by atoms with Gasteiger partial charge in [-0.15, -0.1) is 0 Å². The largest absolute Gasteiger partial charge is 0.466 e. The maximum atomic E-state index is 12.6. The van der Waals surface area contributed by atoms with Crippen LogP contribution in [0.3, 0.4) is 0 Å². The van der Waals surface area contributed by atoms with E-state index in [-0.39, 0.29) is 36.8 Å². The predicted octanol–water partition coefficient (Wildman–Crippen LogP) is 3.46. The maximum absolute atomic E-state index is 12.6. The van der Waals surface area contributed by atoms with Crippen LogP contribution < -0.4 is 10.6 Å². The number of likely N-dealkylation sites (tertiary alicyclic amines) is 1. The molecule has 7 nitrogen and oxygen atoms in total. The summed E-state index contributed by atoms with van der Waals surface area (Å²) in [5.74, 6) is -0.225. The SMILES string of the molecule is CCOC(=O)CCNC(=O)N1CCC[C@H](CNC(=O)c2ccc(-c3ccccc3)cc2)C1. The van der Waals surface area contributed by atoms with E-state index in [4.69, 9.17) is 4.74 Å². The number of hydrogen-bond acceptors (Lipinski definition) is 4. The van der Waals surface area contributed by atoms with Crippen LogP contribution in [-0.2, 0) is 9.53 Å². The Morgan fingerprint density at radius 3 is 2.44 bits per heavy atom. The zero-order valence-electron chi connectivity index (χ0n) is 18.5. The standard InChI is InChI=1S/C25H31N3O4/c1-2-32-23(29)14-15-26-25(31)28-16-6-7-19(18-28)17-27-24(30)22-12-10-21(11-13-22)20-8-4-3-5-9-20/h3-5,8-13,19H,2,6-7,14-18H2,1H3,(H,26,31)(H,27,30)/t19-/m1/s1. The molecule has 0 unspecified atom stereocenters. The highest BCUT2D eigenvalue weighted by molar-refractivity contribution is 5.94. The van der Waals surface area contributed by atoms with E-state index in [1.54, 1.807) is 11.8 Å². The van der Waals surface area contributed by atoms with Crippen molar-refractivity contribution < 1.29 is 19.1 Å². The number of rotatable bonds is 8. The lowest BCUT2D eigenvalue weighted by Gasteiger charge is -2.32. The van der Waals surface area contributed by atoms with Gasteiger partial charge in [-0.2, -0.15) is 0 Å². The molecule has 32 heavy (non-hydrogen) atoms. The van der Waals surface area contributed by atoms with Crippen molar-refractivity contribution >= 4 is 17.9 Å². The number of benzene rings is 2. The third-order valence-corrected chi connectivity index (χ3v) is 5.52. The number of nitrogens with one attached hydrogen (secondary N) is 2. The summed E-state index contributed by atoms with van der Waals surface area (Å²) in [5.41, 5.74) is 2.80. The first-order chi connectivity index (χ1) is 15.6. The predicted molar refractivity (Wildman–Crippen MR) is 123 cm³/mol. The first kappa shape index (κ1) is 23.3. The van der Waals surface area contributed by atoms with Gasteiger partial charge in [0.1, 0.15) is 0 Å². The van der Waals surface area contributed by atoms with Gasteiger partial charge in [-0.1, -0.05) is 42.5 Å². The van der Waals surface area contributed by atoms with Gasteiger partial charge in [0.25, 0.3) is 5.91 Å². The highest BCUT2D eigenvalue weighted by atomic mass is 16.5. The van der Waals surface area contributed by atoms with E-state index in [9.17, 15) is 14.4 Å². The van der Waals surface area contributed by atoms with Crippen LogP contribution in [0.25, 0.3) is 11.1 Å². The molecule has 0 aromatic heterocycles. The summed E-state index contributed by atoms with van der Waals surface area (Å²) >= 11 is 0. The molecule has 1 aliphatic rings. The Labute approximate surface area is 189 Å². The van der Waals surface area contributed by atoms with Gasteiger partial charge in [0.2, 0.25) is 0 Å². The normalized spacial score (nSPS) is 15.7. The van der Waals surface area contributed by atoms with Crippen LogP contribution in [0.4, 0.5) is 4.79 Å². The van der Waals surface area contributed by atoms with Crippen molar-refractivity contribution in [2.45, 2.75) is 26.2 Å². The average molecular weight is 438 g/mol. The van der Waals surface area contributed by atoms with Crippen LogP contribution in [0, 0.1) is 5.92 Å². The van der Waals surface area contributed by atoms with E-state index in [0.717, 1.165) is 24.0 Å². The summed E-state index contributed by atoms with van der Waals surface area (Å²) < 4.78 is 4.86. The molecule has 0 radical (unpaired) electrons. The van der Waals surface area contributed by atoms with Gasteiger partial charge in [-0.05, 0) is 48.9 Å². The Morgan fingerprint density at radius 2 is 1.72 bits per heavy atom. The smallest absolute Gasteiger partial charge is 0.317 e. The monoisotopic (exact) mass is 437 g/mol. The van der Waals surface area contributed by atoms with E-state index in [0.29, 0.717) is 31.8 Å². The molecule has 2 aromatic rings. The minimum absolute atomic E-state index is 0.111. The van der Waals surface area contributed by atoms with Gasteiger partial charge in [-0.3, -0.25) is 9.59 Å². The summed E-state index contributed by atoms with van der Waals surface area (Å²) in [5, 5.41) is 5.77. The van der Waals surface area contributed by atoms with Crippen molar-refractivity contribution in [2.75, 3.05) is 32.8 Å². The van der Waals surface area contributed by atoms with Crippen LogP contribution in [-0.4, -0.2) is 55.6 Å². The second-order valence-electron chi connectivity index (χ2n) is 7.89. The number of carbonyl (C=O) groups is 3. The van der Waals surface area contributed by atoms with Gasteiger partial charge in [0.15, 0.2) is 0 Å². The molecule has 3 amide bonds. The van der Waals surface area contributed by atoms with Crippen molar-refractivity contribution in [2.24, 2.45) is 5.92 Å². The fourth-order valence-corrected chi connectivity index (χ4v) is 3.82. The van der Waals surface area contributed by atoms with Crippen molar-refractivity contribution in [3.05, 3.63) is 60.2 Å². The van der Waals surface area contributed by atoms with Crippen molar-refractivity contribution in [1.82, 2.24) is 15.5 Å². The highest BCUT2D eigenvalue weighted by Gasteiger charge is 2.24. The summed E-state index contributed by atoms with van der Waals surface area (Å²) in [6, 6.07) is 17.4. The molecule has 170 valence electrons. The molecule has 7 heteroatoms. The molecule has 1 aliphatic heterocycles. The number of ether oxygens (including phenoxy) is 1. The minimum atomic E-state index is -0.316. The fourth-order valence-electron chi connectivity index (χ4n) is 3.82. The lowest BCUT2D eigenvalue weighted by atomic mass is 9.98. The second-order valence-corrected chi connectivity index (χ2v) is 7.89.